The molecule has 2 heterocycles. The first kappa shape index (κ1) is 13.3. The fourth-order valence-electron chi connectivity index (χ4n) is 2.52. The number of hydrogen-bond donors (Lipinski definition) is 2. The lowest BCUT2D eigenvalue weighted by Crippen LogP contribution is -2.50. The summed E-state index contributed by atoms with van der Waals surface area (Å²) in [5.74, 6) is 0. The molecule has 17 heavy (non-hydrogen) atoms. The molecule has 100 valence electrons. The highest BCUT2D eigenvalue weighted by Gasteiger charge is 2.31. The number of sulfonamides is 1. The second kappa shape index (κ2) is 5.65. The van der Waals surface area contributed by atoms with Crippen molar-refractivity contribution in [1.29, 1.82) is 0 Å². The molecule has 2 saturated heterocycles. The average molecular weight is 262 g/mol. The van der Waals surface area contributed by atoms with Gasteiger partial charge in [0.1, 0.15) is 0 Å². The molecular formula is C11H22N2O3S. The van der Waals surface area contributed by atoms with Crippen LogP contribution in [0.1, 0.15) is 32.6 Å². The molecule has 0 aromatic heterocycles. The van der Waals surface area contributed by atoms with Crippen molar-refractivity contribution < 1.29 is 13.2 Å². The Labute approximate surface area is 103 Å². The Kier molecular flexibility index (Phi) is 4.41. The van der Waals surface area contributed by atoms with E-state index in [9.17, 15) is 8.42 Å². The van der Waals surface area contributed by atoms with Crippen LogP contribution in [0.4, 0.5) is 0 Å². The van der Waals surface area contributed by atoms with Gasteiger partial charge in [0.15, 0.2) is 0 Å². The largest absolute Gasteiger partial charge is 0.380 e. The van der Waals surface area contributed by atoms with Crippen LogP contribution in [0.2, 0.25) is 0 Å². The molecule has 5 nitrogen and oxygen atoms in total. The summed E-state index contributed by atoms with van der Waals surface area (Å²) in [6.45, 7) is 4.01. The van der Waals surface area contributed by atoms with Crippen molar-refractivity contribution in [3.05, 3.63) is 0 Å². The normalized spacial score (nSPS) is 35.7. The third kappa shape index (κ3) is 3.64. The van der Waals surface area contributed by atoms with E-state index in [0.717, 1.165) is 32.2 Å². The monoisotopic (exact) mass is 262 g/mol. The highest BCUT2D eigenvalue weighted by molar-refractivity contribution is 7.90. The number of piperidine rings is 1. The average Bonchev–Trinajstić information content (AvgIpc) is 2.29. The summed E-state index contributed by atoms with van der Waals surface area (Å²) in [7, 11) is -3.21. The standard InChI is InChI=1S/C11H22N2O3S/c1-9-7-10(4-5-12-9)13-17(14,15)11-3-2-6-16-8-11/h9-13H,2-8H2,1H3. The predicted molar refractivity (Wildman–Crippen MR) is 66.4 cm³/mol. The number of ether oxygens (including phenoxy) is 1. The van der Waals surface area contributed by atoms with Gasteiger partial charge in [0.2, 0.25) is 10.0 Å². The third-order valence-corrected chi connectivity index (χ3v) is 5.42. The van der Waals surface area contributed by atoms with Gasteiger partial charge in [-0.25, -0.2) is 13.1 Å². The lowest BCUT2D eigenvalue weighted by atomic mass is 10.0. The molecule has 0 aromatic rings. The van der Waals surface area contributed by atoms with E-state index in [0.29, 0.717) is 19.3 Å². The molecule has 0 bridgehead atoms. The lowest BCUT2D eigenvalue weighted by molar-refractivity contribution is 0.0986. The highest BCUT2D eigenvalue weighted by atomic mass is 32.2. The zero-order chi connectivity index (χ0) is 12.3. The van der Waals surface area contributed by atoms with Crippen LogP contribution in [0, 0.1) is 0 Å². The molecule has 2 aliphatic heterocycles. The lowest BCUT2D eigenvalue weighted by Gasteiger charge is -2.30. The molecule has 3 unspecified atom stereocenters. The van der Waals surface area contributed by atoms with E-state index in [2.05, 4.69) is 17.0 Å². The van der Waals surface area contributed by atoms with E-state index in [1.165, 1.54) is 0 Å². The second-order valence-corrected chi connectivity index (χ2v) is 7.07. The molecule has 6 heteroatoms. The smallest absolute Gasteiger partial charge is 0.217 e. The van der Waals surface area contributed by atoms with Gasteiger partial charge in [-0.05, 0) is 39.2 Å². The first-order valence-electron chi connectivity index (χ1n) is 6.40. The Bertz CT molecular complexity index is 339. The van der Waals surface area contributed by atoms with Gasteiger partial charge in [0.05, 0.1) is 11.9 Å². The first-order valence-corrected chi connectivity index (χ1v) is 7.95. The fraction of sp³-hybridized carbons (Fsp3) is 1.00. The van der Waals surface area contributed by atoms with Gasteiger partial charge in [-0.15, -0.1) is 0 Å². The minimum atomic E-state index is -3.21. The van der Waals surface area contributed by atoms with Gasteiger partial charge < -0.3 is 10.1 Å². The van der Waals surface area contributed by atoms with Gasteiger partial charge >= 0.3 is 0 Å². The van der Waals surface area contributed by atoms with Crippen LogP contribution >= 0.6 is 0 Å². The van der Waals surface area contributed by atoms with Crippen LogP contribution in [0.25, 0.3) is 0 Å². The summed E-state index contributed by atoms with van der Waals surface area (Å²) < 4.78 is 32.4. The van der Waals surface area contributed by atoms with Gasteiger partial charge in [0, 0.05) is 18.7 Å². The summed E-state index contributed by atoms with van der Waals surface area (Å²) in [6, 6.07) is 0.470. The molecular weight excluding hydrogens is 240 g/mol. The number of nitrogens with one attached hydrogen (secondary N) is 2. The Morgan fingerprint density at radius 3 is 2.82 bits per heavy atom. The second-order valence-electron chi connectivity index (χ2n) is 5.08. The molecule has 2 aliphatic rings. The van der Waals surface area contributed by atoms with Gasteiger partial charge in [0.25, 0.3) is 0 Å². The number of rotatable bonds is 3. The Hall–Kier alpha value is -0.170. The van der Waals surface area contributed by atoms with Gasteiger partial charge in [-0.2, -0.15) is 0 Å². The third-order valence-electron chi connectivity index (χ3n) is 3.51. The van der Waals surface area contributed by atoms with Crippen molar-refractivity contribution in [3.63, 3.8) is 0 Å². The van der Waals surface area contributed by atoms with E-state index >= 15 is 0 Å². The van der Waals surface area contributed by atoms with Crippen molar-refractivity contribution in [2.75, 3.05) is 19.8 Å². The minimum absolute atomic E-state index is 0.0816. The predicted octanol–water partition coefficient (Wildman–Crippen LogP) is 0.225. The van der Waals surface area contributed by atoms with Gasteiger partial charge in [-0.3, -0.25) is 0 Å². The molecule has 0 aromatic carbocycles. The molecule has 2 fully saturated rings. The maximum Gasteiger partial charge on any atom is 0.217 e. The Balaban J connectivity index is 1.91. The molecule has 0 aliphatic carbocycles. The molecule has 0 saturated carbocycles. The zero-order valence-electron chi connectivity index (χ0n) is 10.3. The quantitative estimate of drug-likeness (QED) is 0.764. The highest BCUT2D eigenvalue weighted by Crippen LogP contribution is 2.16. The maximum atomic E-state index is 12.1. The van der Waals surface area contributed by atoms with Crippen LogP contribution in [0.3, 0.4) is 0 Å². The van der Waals surface area contributed by atoms with Crippen LogP contribution < -0.4 is 10.0 Å². The van der Waals surface area contributed by atoms with Crippen molar-refractivity contribution in [1.82, 2.24) is 10.0 Å². The zero-order valence-corrected chi connectivity index (χ0v) is 11.1. The van der Waals surface area contributed by atoms with Crippen molar-refractivity contribution in [2.24, 2.45) is 0 Å². The van der Waals surface area contributed by atoms with Crippen LogP contribution in [-0.4, -0.2) is 45.5 Å². The van der Waals surface area contributed by atoms with E-state index in [4.69, 9.17) is 4.74 Å². The van der Waals surface area contributed by atoms with Crippen LogP contribution in [0.15, 0.2) is 0 Å². The van der Waals surface area contributed by atoms with E-state index < -0.39 is 10.0 Å². The van der Waals surface area contributed by atoms with Crippen molar-refractivity contribution in [3.8, 4) is 0 Å². The van der Waals surface area contributed by atoms with Crippen LogP contribution in [-0.2, 0) is 14.8 Å². The number of hydrogen-bond acceptors (Lipinski definition) is 4. The molecule has 2 N–H and O–H groups in total. The van der Waals surface area contributed by atoms with Gasteiger partial charge in [-0.1, -0.05) is 0 Å². The molecule has 3 atom stereocenters. The molecule has 0 radical (unpaired) electrons. The molecule has 0 spiro atoms. The van der Waals surface area contributed by atoms with Crippen molar-refractivity contribution in [2.45, 2.75) is 49.9 Å². The van der Waals surface area contributed by atoms with E-state index in [1.54, 1.807) is 0 Å². The summed E-state index contributed by atoms with van der Waals surface area (Å²) in [6.07, 6.45) is 3.30. The molecule has 2 rings (SSSR count). The fourth-order valence-corrected chi connectivity index (χ4v) is 4.15. The SMILES string of the molecule is CC1CC(NS(=O)(=O)C2CCCOC2)CCN1. The van der Waals surface area contributed by atoms with Crippen molar-refractivity contribution >= 4 is 10.0 Å². The first-order chi connectivity index (χ1) is 8.08. The van der Waals surface area contributed by atoms with E-state index in [-0.39, 0.29) is 11.3 Å². The Morgan fingerprint density at radius 1 is 1.35 bits per heavy atom. The molecule has 0 amide bonds. The summed E-state index contributed by atoms with van der Waals surface area (Å²) in [5, 5.41) is 2.96. The minimum Gasteiger partial charge on any atom is -0.380 e. The summed E-state index contributed by atoms with van der Waals surface area (Å²) in [5.41, 5.74) is 0. The summed E-state index contributed by atoms with van der Waals surface area (Å²) >= 11 is 0. The van der Waals surface area contributed by atoms with E-state index in [1.807, 2.05) is 0 Å². The maximum absolute atomic E-state index is 12.1. The topological polar surface area (TPSA) is 67.4 Å². The Morgan fingerprint density at radius 2 is 2.18 bits per heavy atom. The summed E-state index contributed by atoms with van der Waals surface area (Å²) in [4.78, 5) is 0. The van der Waals surface area contributed by atoms with Crippen LogP contribution in [0.5, 0.6) is 0 Å².